The van der Waals surface area contributed by atoms with Crippen molar-refractivity contribution in [2.75, 3.05) is 6.26 Å². The highest BCUT2D eigenvalue weighted by atomic mass is 35.5. The van der Waals surface area contributed by atoms with Crippen LogP contribution in [0.3, 0.4) is 0 Å². The van der Waals surface area contributed by atoms with E-state index in [1.165, 1.54) is 12.1 Å². The van der Waals surface area contributed by atoms with Gasteiger partial charge in [-0.25, -0.2) is 8.42 Å². The Morgan fingerprint density at radius 3 is 2.43 bits per heavy atom. The minimum absolute atomic E-state index is 0.00961. The lowest BCUT2D eigenvalue weighted by molar-refractivity contribution is -0.121. The number of hydrogen-bond acceptors (Lipinski definition) is 5. The molecule has 0 amide bonds. The summed E-state index contributed by atoms with van der Waals surface area (Å²) >= 11 is 5.93. The van der Waals surface area contributed by atoms with Gasteiger partial charge in [0.1, 0.15) is 0 Å². The van der Waals surface area contributed by atoms with Crippen LogP contribution in [0.5, 0.6) is 0 Å². The number of carbonyl (C=O) groups is 2. The van der Waals surface area contributed by atoms with Gasteiger partial charge >= 0.3 is 0 Å². The summed E-state index contributed by atoms with van der Waals surface area (Å²) in [5, 5.41) is 8.97. The van der Waals surface area contributed by atoms with E-state index in [0.29, 0.717) is 12.8 Å². The molecule has 1 aliphatic carbocycles. The Labute approximate surface area is 127 Å². The first-order valence-corrected chi connectivity index (χ1v) is 8.50. The van der Waals surface area contributed by atoms with Crippen molar-refractivity contribution in [3.05, 3.63) is 28.8 Å². The van der Waals surface area contributed by atoms with Crippen LogP contribution in [0.4, 0.5) is 0 Å². The van der Waals surface area contributed by atoms with Gasteiger partial charge in [-0.15, -0.1) is 0 Å². The van der Waals surface area contributed by atoms with Gasteiger partial charge in [0, 0.05) is 17.7 Å². The predicted octanol–water partition coefficient (Wildman–Crippen LogP) is 2.05. The van der Waals surface area contributed by atoms with Gasteiger partial charge < -0.3 is 0 Å². The molecule has 0 radical (unpaired) electrons. The van der Waals surface area contributed by atoms with Crippen LogP contribution in [0.25, 0.3) is 0 Å². The van der Waals surface area contributed by atoms with Crippen molar-refractivity contribution in [3.63, 3.8) is 0 Å². The Bertz CT molecular complexity index is 760. The maximum absolute atomic E-state index is 12.3. The summed E-state index contributed by atoms with van der Waals surface area (Å²) in [5.74, 6) is -2.66. The number of sulfone groups is 1. The molecule has 0 heterocycles. The summed E-state index contributed by atoms with van der Waals surface area (Å²) in [6, 6.07) is 5.35. The molecule has 5 nitrogen and oxygen atoms in total. The Hall–Kier alpha value is -1.71. The number of carbonyl (C=O) groups excluding carboxylic acids is 2. The van der Waals surface area contributed by atoms with Crippen LogP contribution in [0, 0.1) is 23.2 Å². The average Bonchev–Trinajstić information content (AvgIpc) is 3.22. The van der Waals surface area contributed by atoms with Crippen molar-refractivity contribution in [1.29, 1.82) is 5.26 Å². The van der Waals surface area contributed by atoms with Gasteiger partial charge in [0.15, 0.2) is 27.3 Å². The summed E-state index contributed by atoms with van der Waals surface area (Å²) in [7, 11) is -3.44. The maximum Gasteiger partial charge on any atom is 0.189 e. The summed E-state index contributed by atoms with van der Waals surface area (Å²) in [4.78, 5) is 24.1. The van der Waals surface area contributed by atoms with Gasteiger partial charge in [-0.05, 0) is 31.0 Å². The van der Waals surface area contributed by atoms with Gasteiger partial charge in [0.05, 0.1) is 16.0 Å². The number of rotatable bonds is 5. The van der Waals surface area contributed by atoms with Gasteiger partial charge in [0.25, 0.3) is 0 Å². The molecule has 110 valence electrons. The van der Waals surface area contributed by atoms with E-state index in [1.807, 2.05) is 0 Å². The number of nitriles is 1. The normalized spacial score (nSPS) is 16.0. The highest BCUT2D eigenvalue weighted by molar-refractivity contribution is 7.90. The Balaban J connectivity index is 2.35. The quantitative estimate of drug-likeness (QED) is 0.610. The van der Waals surface area contributed by atoms with Gasteiger partial charge in [0.2, 0.25) is 0 Å². The first-order chi connectivity index (χ1) is 9.75. The van der Waals surface area contributed by atoms with Crippen molar-refractivity contribution in [2.24, 2.45) is 11.8 Å². The summed E-state index contributed by atoms with van der Waals surface area (Å²) in [5.41, 5.74) is -0.00961. The van der Waals surface area contributed by atoms with Crippen LogP contribution >= 0.6 is 11.6 Å². The third-order valence-electron chi connectivity index (χ3n) is 3.29. The number of benzene rings is 1. The van der Waals surface area contributed by atoms with Crippen LogP contribution in [0.2, 0.25) is 5.02 Å². The molecular weight excluding hydrogens is 314 g/mol. The van der Waals surface area contributed by atoms with E-state index in [-0.39, 0.29) is 27.2 Å². The standard InChI is InChI=1S/C14H12ClNO4S/c1-21(19,20)9-4-5-10(12(15)6-9)14(18)11(7-16)13(17)8-2-3-8/h4-6,8,11H,2-3H2,1H3. The molecule has 1 atom stereocenters. The second kappa shape index (κ2) is 5.58. The number of Topliss-reactive ketones (excluding diaryl/α,β-unsaturated/α-hetero) is 2. The predicted molar refractivity (Wildman–Crippen MR) is 75.7 cm³/mol. The minimum Gasteiger partial charge on any atom is -0.297 e. The molecule has 1 aromatic carbocycles. The fraction of sp³-hybridized carbons (Fsp3) is 0.357. The lowest BCUT2D eigenvalue weighted by atomic mass is 9.92. The molecule has 0 aliphatic heterocycles. The molecule has 1 aromatic rings. The van der Waals surface area contributed by atoms with Crippen molar-refractivity contribution in [3.8, 4) is 6.07 Å². The number of hydrogen-bond donors (Lipinski definition) is 0. The molecule has 1 saturated carbocycles. The van der Waals surface area contributed by atoms with Crippen molar-refractivity contribution in [2.45, 2.75) is 17.7 Å². The Morgan fingerprint density at radius 1 is 1.38 bits per heavy atom. The number of halogens is 1. The van der Waals surface area contributed by atoms with Crippen LogP contribution in [0.15, 0.2) is 23.1 Å². The third kappa shape index (κ3) is 3.31. The molecule has 1 fully saturated rings. The summed E-state index contributed by atoms with van der Waals surface area (Å²) in [6.07, 6.45) is 2.42. The smallest absolute Gasteiger partial charge is 0.189 e. The lowest BCUT2D eigenvalue weighted by Gasteiger charge is -2.09. The first kappa shape index (κ1) is 15.7. The zero-order valence-electron chi connectivity index (χ0n) is 11.2. The summed E-state index contributed by atoms with van der Waals surface area (Å²) in [6.45, 7) is 0. The van der Waals surface area contributed by atoms with E-state index in [2.05, 4.69) is 0 Å². The molecule has 21 heavy (non-hydrogen) atoms. The molecule has 0 aromatic heterocycles. The van der Waals surface area contributed by atoms with E-state index < -0.39 is 21.5 Å². The van der Waals surface area contributed by atoms with E-state index in [1.54, 1.807) is 6.07 Å². The maximum atomic E-state index is 12.3. The highest BCUT2D eigenvalue weighted by Crippen LogP contribution is 2.34. The van der Waals surface area contributed by atoms with Crippen LogP contribution in [0.1, 0.15) is 23.2 Å². The molecule has 2 rings (SSSR count). The van der Waals surface area contributed by atoms with E-state index in [0.717, 1.165) is 12.3 Å². The van der Waals surface area contributed by atoms with E-state index >= 15 is 0 Å². The molecule has 0 saturated heterocycles. The molecule has 1 aliphatic rings. The SMILES string of the molecule is CS(=O)(=O)c1ccc(C(=O)C(C#N)C(=O)C2CC2)c(Cl)c1. The van der Waals surface area contributed by atoms with Gasteiger partial charge in [-0.1, -0.05) is 11.6 Å². The van der Waals surface area contributed by atoms with Crippen LogP contribution in [-0.4, -0.2) is 26.2 Å². The van der Waals surface area contributed by atoms with Gasteiger partial charge in [-0.2, -0.15) is 5.26 Å². The molecular formula is C14H12ClNO4S. The summed E-state index contributed by atoms with van der Waals surface area (Å²) < 4.78 is 22.8. The lowest BCUT2D eigenvalue weighted by Crippen LogP contribution is -2.24. The molecule has 0 N–H and O–H groups in total. The highest BCUT2D eigenvalue weighted by Gasteiger charge is 2.39. The monoisotopic (exact) mass is 325 g/mol. The average molecular weight is 326 g/mol. The number of ketones is 2. The van der Waals surface area contributed by atoms with Crippen LogP contribution in [-0.2, 0) is 14.6 Å². The number of nitrogens with zero attached hydrogens (tertiary/aromatic N) is 1. The topological polar surface area (TPSA) is 92.1 Å². The molecule has 1 unspecified atom stereocenters. The van der Waals surface area contributed by atoms with Crippen molar-refractivity contribution in [1.82, 2.24) is 0 Å². The van der Waals surface area contributed by atoms with Crippen molar-refractivity contribution >= 4 is 33.0 Å². The van der Waals surface area contributed by atoms with E-state index in [4.69, 9.17) is 16.9 Å². The Kier molecular flexibility index (Phi) is 4.17. The zero-order chi connectivity index (χ0) is 15.8. The minimum atomic E-state index is -3.44. The second-order valence-corrected chi connectivity index (χ2v) is 7.44. The van der Waals surface area contributed by atoms with Gasteiger partial charge in [-0.3, -0.25) is 9.59 Å². The van der Waals surface area contributed by atoms with Crippen LogP contribution < -0.4 is 0 Å². The molecule has 7 heteroatoms. The Morgan fingerprint density at radius 2 is 2.00 bits per heavy atom. The fourth-order valence-corrected chi connectivity index (χ4v) is 2.92. The molecule has 0 spiro atoms. The van der Waals surface area contributed by atoms with E-state index in [9.17, 15) is 18.0 Å². The zero-order valence-corrected chi connectivity index (χ0v) is 12.7. The molecule has 0 bridgehead atoms. The third-order valence-corrected chi connectivity index (χ3v) is 4.71. The first-order valence-electron chi connectivity index (χ1n) is 6.23. The fourth-order valence-electron chi connectivity index (χ4n) is 1.94. The second-order valence-electron chi connectivity index (χ2n) is 5.02. The largest absolute Gasteiger partial charge is 0.297 e. The van der Waals surface area contributed by atoms with Crippen molar-refractivity contribution < 1.29 is 18.0 Å².